The Morgan fingerprint density at radius 2 is 1.96 bits per heavy atom. The van der Waals surface area contributed by atoms with E-state index in [2.05, 4.69) is 20.8 Å². The number of guanidine groups is 1. The van der Waals surface area contributed by atoms with Crippen LogP contribution < -0.4 is 10.6 Å². The molecule has 2 rings (SSSR count). The fourth-order valence-electron chi connectivity index (χ4n) is 2.31. The van der Waals surface area contributed by atoms with Crippen molar-refractivity contribution in [3.8, 4) is 0 Å². The number of hydrogen-bond acceptors (Lipinski definition) is 3. The Bertz CT molecular complexity index is 784. The van der Waals surface area contributed by atoms with Gasteiger partial charge in [0.1, 0.15) is 5.82 Å². The first-order valence-electron chi connectivity index (χ1n) is 8.54. The average Bonchev–Trinajstić information content (AvgIpc) is 3.06. The standard InChI is InChI=1S/C18H22F4N4O/c1-4-23-17(25-10-14-8-16(11(2)3)26-27-14)24-9-12-5-6-13(19)7-15(12)18(20,21)22/h5-8,11H,4,9-10H2,1-3H3,(H2,23,24,25). The summed E-state index contributed by atoms with van der Waals surface area (Å²) in [5, 5.41) is 9.87. The van der Waals surface area contributed by atoms with Gasteiger partial charge in [0, 0.05) is 12.6 Å². The molecule has 0 amide bonds. The maximum absolute atomic E-state index is 13.2. The van der Waals surface area contributed by atoms with Gasteiger partial charge in [-0.05, 0) is 30.5 Å². The van der Waals surface area contributed by atoms with E-state index in [9.17, 15) is 17.6 Å². The first-order chi connectivity index (χ1) is 12.7. The normalized spacial score (nSPS) is 12.5. The highest BCUT2D eigenvalue weighted by atomic mass is 19.4. The predicted molar refractivity (Wildman–Crippen MR) is 93.6 cm³/mol. The second kappa shape index (κ2) is 8.88. The van der Waals surface area contributed by atoms with E-state index in [1.807, 2.05) is 26.8 Å². The summed E-state index contributed by atoms with van der Waals surface area (Å²) in [5.41, 5.74) is -0.323. The summed E-state index contributed by atoms with van der Waals surface area (Å²) in [6, 6.07) is 4.37. The van der Waals surface area contributed by atoms with Crippen LogP contribution in [-0.2, 0) is 19.3 Å². The summed E-state index contributed by atoms with van der Waals surface area (Å²) in [7, 11) is 0. The second-order valence-corrected chi connectivity index (χ2v) is 6.22. The van der Waals surface area contributed by atoms with Gasteiger partial charge in [0.05, 0.1) is 24.3 Å². The molecule has 0 saturated carbocycles. The fourth-order valence-corrected chi connectivity index (χ4v) is 2.31. The zero-order chi connectivity index (χ0) is 20.0. The maximum atomic E-state index is 13.2. The first-order valence-corrected chi connectivity index (χ1v) is 8.54. The van der Waals surface area contributed by atoms with Crippen LogP contribution in [0.3, 0.4) is 0 Å². The van der Waals surface area contributed by atoms with Crippen molar-refractivity contribution in [2.45, 2.75) is 46.0 Å². The van der Waals surface area contributed by atoms with Gasteiger partial charge < -0.3 is 15.2 Å². The van der Waals surface area contributed by atoms with Crippen molar-refractivity contribution in [3.63, 3.8) is 0 Å². The number of halogens is 4. The van der Waals surface area contributed by atoms with Crippen molar-refractivity contribution in [1.82, 2.24) is 15.8 Å². The van der Waals surface area contributed by atoms with Gasteiger partial charge in [-0.15, -0.1) is 0 Å². The summed E-state index contributed by atoms with van der Waals surface area (Å²) in [6.07, 6.45) is -4.65. The molecule has 0 spiro atoms. The van der Waals surface area contributed by atoms with Crippen LogP contribution in [-0.4, -0.2) is 17.7 Å². The van der Waals surface area contributed by atoms with E-state index >= 15 is 0 Å². The molecule has 0 aliphatic rings. The Hall–Kier alpha value is -2.58. The number of aromatic nitrogens is 1. The van der Waals surface area contributed by atoms with Crippen LogP contribution in [0.15, 0.2) is 33.8 Å². The van der Waals surface area contributed by atoms with Gasteiger partial charge >= 0.3 is 6.18 Å². The maximum Gasteiger partial charge on any atom is 0.416 e. The molecular weight excluding hydrogens is 364 g/mol. The molecule has 0 saturated heterocycles. The molecule has 1 aromatic carbocycles. The highest BCUT2D eigenvalue weighted by Gasteiger charge is 2.33. The van der Waals surface area contributed by atoms with E-state index < -0.39 is 17.6 Å². The quantitative estimate of drug-likeness (QED) is 0.444. The number of aliphatic imine (C=N–C) groups is 1. The Morgan fingerprint density at radius 1 is 1.22 bits per heavy atom. The van der Waals surface area contributed by atoms with Gasteiger partial charge in [-0.25, -0.2) is 9.38 Å². The molecule has 27 heavy (non-hydrogen) atoms. The van der Waals surface area contributed by atoms with Crippen molar-refractivity contribution >= 4 is 5.96 Å². The number of hydrogen-bond donors (Lipinski definition) is 2. The summed E-state index contributed by atoms with van der Waals surface area (Å²) >= 11 is 0. The van der Waals surface area contributed by atoms with Crippen LogP contribution in [0.4, 0.5) is 17.6 Å². The van der Waals surface area contributed by atoms with Crippen molar-refractivity contribution < 1.29 is 22.1 Å². The summed E-state index contributed by atoms with van der Waals surface area (Å²) in [5.74, 6) is 0.189. The molecule has 9 heteroatoms. The number of rotatable bonds is 6. The molecule has 2 aromatic rings. The fraction of sp³-hybridized carbons (Fsp3) is 0.444. The summed E-state index contributed by atoms with van der Waals surface area (Å²) < 4.78 is 57.6. The lowest BCUT2D eigenvalue weighted by Gasteiger charge is -2.13. The predicted octanol–water partition coefficient (Wildman–Crippen LogP) is 4.21. The molecule has 2 N–H and O–H groups in total. The molecule has 0 atom stereocenters. The van der Waals surface area contributed by atoms with Gasteiger partial charge in [-0.3, -0.25) is 0 Å². The third kappa shape index (κ3) is 5.97. The third-order valence-electron chi connectivity index (χ3n) is 3.73. The van der Waals surface area contributed by atoms with Gasteiger partial charge in [0.25, 0.3) is 0 Å². The minimum atomic E-state index is -4.65. The first kappa shape index (κ1) is 20.7. The zero-order valence-corrected chi connectivity index (χ0v) is 15.3. The molecule has 0 fully saturated rings. The van der Waals surface area contributed by atoms with Crippen LogP contribution in [0, 0.1) is 5.82 Å². The Kier molecular flexibility index (Phi) is 6.81. The summed E-state index contributed by atoms with van der Waals surface area (Å²) in [6.45, 7) is 6.36. The summed E-state index contributed by atoms with van der Waals surface area (Å²) in [4.78, 5) is 4.15. The van der Waals surface area contributed by atoms with Crippen LogP contribution in [0.2, 0.25) is 0 Å². The SMILES string of the molecule is CCNC(=NCc1ccc(F)cc1C(F)(F)F)NCc1cc(C(C)C)no1. The Balaban J connectivity index is 2.11. The number of benzene rings is 1. The van der Waals surface area contributed by atoms with Crippen molar-refractivity contribution in [2.75, 3.05) is 6.54 Å². The molecule has 1 aromatic heterocycles. The van der Waals surface area contributed by atoms with Crippen LogP contribution in [0.25, 0.3) is 0 Å². The van der Waals surface area contributed by atoms with E-state index in [-0.39, 0.29) is 24.6 Å². The van der Waals surface area contributed by atoms with E-state index in [1.165, 1.54) is 0 Å². The lowest BCUT2D eigenvalue weighted by atomic mass is 10.1. The molecule has 1 heterocycles. The minimum Gasteiger partial charge on any atom is -0.359 e. The Labute approximate surface area is 154 Å². The molecule has 0 aliphatic heterocycles. The topological polar surface area (TPSA) is 62.5 Å². The highest BCUT2D eigenvalue weighted by Crippen LogP contribution is 2.32. The van der Waals surface area contributed by atoms with Crippen LogP contribution in [0.5, 0.6) is 0 Å². The Morgan fingerprint density at radius 3 is 2.56 bits per heavy atom. The van der Waals surface area contributed by atoms with E-state index in [0.717, 1.165) is 17.8 Å². The molecule has 148 valence electrons. The van der Waals surface area contributed by atoms with E-state index in [4.69, 9.17) is 4.52 Å². The largest absolute Gasteiger partial charge is 0.416 e. The lowest BCUT2D eigenvalue weighted by molar-refractivity contribution is -0.138. The van der Waals surface area contributed by atoms with Gasteiger partial charge in [0.2, 0.25) is 0 Å². The molecular formula is C18H22F4N4O. The lowest BCUT2D eigenvalue weighted by Crippen LogP contribution is -2.36. The minimum absolute atomic E-state index is 0.108. The third-order valence-corrected chi connectivity index (χ3v) is 3.73. The molecule has 0 bridgehead atoms. The molecule has 5 nitrogen and oxygen atoms in total. The van der Waals surface area contributed by atoms with Crippen molar-refractivity contribution in [1.29, 1.82) is 0 Å². The van der Waals surface area contributed by atoms with Gasteiger partial charge in [0.15, 0.2) is 11.7 Å². The van der Waals surface area contributed by atoms with E-state index in [1.54, 1.807) is 0 Å². The average molecular weight is 386 g/mol. The monoisotopic (exact) mass is 386 g/mol. The van der Waals surface area contributed by atoms with Gasteiger partial charge in [-0.1, -0.05) is 25.1 Å². The highest BCUT2D eigenvalue weighted by molar-refractivity contribution is 5.79. The number of alkyl halides is 3. The molecule has 0 unspecified atom stereocenters. The van der Waals surface area contributed by atoms with Crippen LogP contribution >= 0.6 is 0 Å². The zero-order valence-electron chi connectivity index (χ0n) is 15.3. The number of nitrogens with one attached hydrogen (secondary N) is 2. The van der Waals surface area contributed by atoms with Crippen LogP contribution in [0.1, 0.15) is 49.3 Å². The van der Waals surface area contributed by atoms with Crippen molar-refractivity contribution in [3.05, 3.63) is 52.7 Å². The molecule has 0 radical (unpaired) electrons. The smallest absolute Gasteiger partial charge is 0.359 e. The van der Waals surface area contributed by atoms with E-state index in [0.29, 0.717) is 24.3 Å². The number of nitrogens with zero attached hydrogens (tertiary/aromatic N) is 2. The molecule has 0 aliphatic carbocycles. The van der Waals surface area contributed by atoms with Crippen molar-refractivity contribution in [2.24, 2.45) is 4.99 Å². The van der Waals surface area contributed by atoms with Gasteiger partial charge in [-0.2, -0.15) is 13.2 Å². The second-order valence-electron chi connectivity index (χ2n) is 6.22.